The third-order valence-corrected chi connectivity index (χ3v) is 13.3. The standard InChI is InChI=1S/C36H50O11/c1-16(2)24-11-21-12-34(14-37)23-9-8-17(3)22(23)13-35(21,36(24,34)33(40)41)15-43-32-26(38)30(27(42-7)19(5)45-32)47-31(39)18(4)10-25-29(46-25)28-20(6)44-28/h10-11,14,16-17,19-23,25-30,32,38H,8-9,12-13,15H2,1-7H3,(H,40,41)/b18-10-/t17-,19-,20+,21?,22-,23-,25+,26+,27-,28+,29+,30+,32-,34?,35?,36?/m1/s1. The number of allylic oxidation sites excluding steroid dienone is 1. The maximum atomic E-state index is 13.8. The van der Waals surface area contributed by atoms with Gasteiger partial charge in [0.25, 0.3) is 0 Å². The third kappa shape index (κ3) is 4.55. The molecular weight excluding hydrogens is 608 g/mol. The molecule has 47 heavy (non-hydrogen) atoms. The smallest absolute Gasteiger partial charge is 0.333 e. The Labute approximate surface area is 276 Å². The molecule has 4 bridgehead atoms. The number of fused-ring (bicyclic) bond motifs is 2. The minimum Gasteiger partial charge on any atom is -0.481 e. The lowest BCUT2D eigenvalue weighted by Gasteiger charge is -2.58. The van der Waals surface area contributed by atoms with E-state index < -0.39 is 58.9 Å². The van der Waals surface area contributed by atoms with Gasteiger partial charge in [-0.15, -0.1) is 0 Å². The number of rotatable bonds is 11. The number of hydrogen-bond donors (Lipinski definition) is 2. The SMILES string of the molecule is CO[C@H]1[C@@H](OC(=O)/C(C)=C\[C@@H]2O[C@@H]2[C@H]2O[C@H]2C)[C@H](O)[C@H](OCC23C[C@@H]4[C@H](C)CC[C@H]4C4(C=O)CC2C=C(C(C)C)C34C(=O)O)O[C@@H]1C. The molecule has 4 unspecified atom stereocenters. The molecule has 7 aliphatic rings. The Morgan fingerprint density at radius 3 is 2.40 bits per heavy atom. The number of ether oxygens (including phenoxy) is 6. The Balaban J connectivity index is 1.14. The lowest BCUT2D eigenvalue weighted by atomic mass is 9.43. The van der Waals surface area contributed by atoms with E-state index in [1.807, 2.05) is 20.8 Å². The Morgan fingerprint density at radius 2 is 1.79 bits per heavy atom. The summed E-state index contributed by atoms with van der Waals surface area (Å²) in [6, 6.07) is 0. The first-order chi connectivity index (χ1) is 22.3. The summed E-state index contributed by atoms with van der Waals surface area (Å²) in [5.41, 5.74) is -2.17. The largest absolute Gasteiger partial charge is 0.481 e. The normalized spacial score (nSPS) is 51.0. The van der Waals surface area contributed by atoms with Gasteiger partial charge in [0.05, 0.1) is 24.2 Å². The molecule has 11 heteroatoms. The highest BCUT2D eigenvalue weighted by Gasteiger charge is 2.84. The van der Waals surface area contributed by atoms with Crippen molar-refractivity contribution in [3.8, 4) is 0 Å². The van der Waals surface area contributed by atoms with Crippen LogP contribution >= 0.6 is 0 Å². The van der Waals surface area contributed by atoms with E-state index in [1.54, 1.807) is 19.9 Å². The van der Waals surface area contributed by atoms with E-state index in [0.29, 0.717) is 24.3 Å². The second kappa shape index (κ2) is 11.5. The van der Waals surface area contributed by atoms with Gasteiger partial charge in [-0.25, -0.2) is 4.79 Å². The first-order valence-corrected chi connectivity index (χ1v) is 17.4. The number of carbonyl (C=O) groups excluding carboxylic acids is 2. The molecule has 3 saturated carbocycles. The number of hydrogen-bond acceptors (Lipinski definition) is 10. The van der Waals surface area contributed by atoms with Gasteiger partial charge in [-0.2, -0.15) is 0 Å². The highest BCUT2D eigenvalue weighted by molar-refractivity contribution is 5.90. The maximum Gasteiger partial charge on any atom is 0.333 e. The van der Waals surface area contributed by atoms with E-state index in [9.17, 15) is 24.6 Å². The summed E-state index contributed by atoms with van der Waals surface area (Å²) in [5, 5.41) is 22.9. The van der Waals surface area contributed by atoms with E-state index in [1.165, 1.54) is 7.11 Å². The summed E-state index contributed by atoms with van der Waals surface area (Å²) in [4.78, 5) is 40.3. The van der Waals surface area contributed by atoms with Crippen LogP contribution in [0.15, 0.2) is 23.3 Å². The minimum atomic E-state index is -1.41. The summed E-state index contributed by atoms with van der Waals surface area (Å²) in [5.74, 6) is -1.26. The van der Waals surface area contributed by atoms with Crippen molar-refractivity contribution >= 4 is 18.2 Å². The van der Waals surface area contributed by atoms with Crippen LogP contribution < -0.4 is 0 Å². The summed E-state index contributed by atoms with van der Waals surface area (Å²) >= 11 is 0. The Hall–Kier alpha value is -2.15. The van der Waals surface area contributed by atoms with Gasteiger partial charge in [0.15, 0.2) is 12.4 Å². The quantitative estimate of drug-likeness (QED) is 0.110. The van der Waals surface area contributed by atoms with Crippen molar-refractivity contribution in [2.24, 2.45) is 45.8 Å². The number of carbonyl (C=O) groups is 3. The number of carboxylic acids is 1. The minimum absolute atomic E-state index is 0.00212. The molecule has 6 fully saturated rings. The zero-order valence-corrected chi connectivity index (χ0v) is 28.4. The zero-order valence-electron chi connectivity index (χ0n) is 28.4. The number of methoxy groups -OCH3 is 1. The lowest BCUT2D eigenvalue weighted by molar-refractivity contribution is -0.308. The van der Waals surface area contributed by atoms with Crippen molar-refractivity contribution in [2.75, 3.05) is 13.7 Å². The van der Waals surface area contributed by atoms with Crippen molar-refractivity contribution in [2.45, 2.75) is 122 Å². The van der Waals surface area contributed by atoms with Crippen molar-refractivity contribution in [3.63, 3.8) is 0 Å². The van der Waals surface area contributed by atoms with Crippen molar-refractivity contribution in [1.29, 1.82) is 0 Å². The molecule has 3 aliphatic heterocycles. The molecule has 260 valence electrons. The fourth-order valence-corrected chi connectivity index (χ4v) is 11.1. The topological polar surface area (TPSA) is 154 Å². The van der Waals surface area contributed by atoms with Crippen LogP contribution in [0.5, 0.6) is 0 Å². The third-order valence-electron chi connectivity index (χ3n) is 13.3. The summed E-state index contributed by atoms with van der Waals surface area (Å²) in [6.07, 6.45) is 2.48. The van der Waals surface area contributed by atoms with E-state index in [2.05, 4.69) is 13.0 Å². The highest BCUT2D eigenvalue weighted by atomic mass is 16.7. The summed E-state index contributed by atoms with van der Waals surface area (Å²) < 4.78 is 35.3. The number of esters is 1. The Morgan fingerprint density at radius 1 is 1.06 bits per heavy atom. The molecule has 7 rings (SSSR count). The summed E-state index contributed by atoms with van der Waals surface area (Å²) in [7, 11) is 1.46. The molecule has 0 radical (unpaired) electrons. The monoisotopic (exact) mass is 658 g/mol. The molecular formula is C36H50O11. The zero-order chi connectivity index (χ0) is 33.8. The van der Waals surface area contributed by atoms with Gasteiger partial charge in [0, 0.05) is 18.1 Å². The maximum absolute atomic E-state index is 13.8. The van der Waals surface area contributed by atoms with Crippen LogP contribution in [0, 0.1) is 45.8 Å². The number of epoxide rings is 2. The highest BCUT2D eigenvalue weighted by Crippen LogP contribution is 2.82. The first-order valence-electron chi connectivity index (χ1n) is 17.4. The number of carboxylic acid groups (broad SMARTS) is 1. The van der Waals surface area contributed by atoms with Gasteiger partial charge >= 0.3 is 11.9 Å². The molecule has 0 aromatic heterocycles. The first kappa shape index (κ1) is 33.4. The van der Waals surface area contributed by atoms with Crippen LogP contribution in [0.25, 0.3) is 0 Å². The van der Waals surface area contributed by atoms with Gasteiger partial charge in [-0.1, -0.05) is 38.8 Å². The van der Waals surface area contributed by atoms with Gasteiger partial charge in [0.2, 0.25) is 0 Å². The Kier molecular flexibility index (Phi) is 8.13. The molecule has 16 atom stereocenters. The lowest BCUT2D eigenvalue weighted by Crippen LogP contribution is -2.64. The molecule has 4 aliphatic carbocycles. The number of aliphatic hydroxyl groups excluding tert-OH is 1. The van der Waals surface area contributed by atoms with E-state index in [-0.39, 0.29) is 54.7 Å². The predicted octanol–water partition coefficient (Wildman–Crippen LogP) is 3.46. The molecule has 0 spiro atoms. The van der Waals surface area contributed by atoms with Crippen molar-refractivity contribution in [3.05, 3.63) is 23.3 Å². The van der Waals surface area contributed by atoms with E-state index >= 15 is 0 Å². The van der Waals surface area contributed by atoms with Gasteiger partial charge in [-0.05, 0) is 75.7 Å². The van der Waals surface area contributed by atoms with Crippen LogP contribution in [-0.2, 0) is 42.8 Å². The average molecular weight is 659 g/mol. The Bertz CT molecular complexity index is 1370. The fourth-order valence-electron chi connectivity index (χ4n) is 11.1. The van der Waals surface area contributed by atoms with Crippen LogP contribution in [0.1, 0.15) is 67.2 Å². The van der Waals surface area contributed by atoms with Crippen molar-refractivity contribution in [1.82, 2.24) is 0 Å². The molecule has 11 nitrogen and oxygen atoms in total. The second-order valence-electron chi connectivity index (χ2n) is 15.8. The average Bonchev–Trinajstić information content (AvgIpc) is 3.88. The number of aldehydes is 1. The molecule has 3 heterocycles. The van der Waals surface area contributed by atoms with Crippen LogP contribution in [-0.4, -0.2) is 97.3 Å². The molecule has 0 aromatic rings. The number of aliphatic carboxylic acids is 1. The van der Waals surface area contributed by atoms with Gasteiger partial charge in [-0.3, -0.25) is 4.79 Å². The van der Waals surface area contributed by atoms with Gasteiger partial charge in [0.1, 0.15) is 42.2 Å². The predicted molar refractivity (Wildman–Crippen MR) is 166 cm³/mol. The van der Waals surface area contributed by atoms with E-state index in [0.717, 1.165) is 24.7 Å². The van der Waals surface area contributed by atoms with Gasteiger partial charge < -0.3 is 43.4 Å². The van der Waals surface area contributed by atoms with E-state index in [4.69, 9.17) is 28.4 Å². The number of aliphatic hydroxyl groups is 1. The molecule has 0 amide bonds. The van der Waals surface area contributed by atoms with Crippen LogP contribution in [0.3, 0.4) is 0 Å². The van der Waals surface area contributed by atoms with Crippen LogP contribution in [0.4, 0.5) is 0 Å². The summed E-state index contributed by atoms with van der Waals surface area (Å²) in [6.45, 7) is 11.6. The van der Waals surface area contributed by atoms with Crippen LogP contribution in [0.2, 0.25) is 0 Å². The molecule has 3 saturated heterocycles. The molecule has 0 aromatic carbocycles. The second-order valence-corrected chi connectivity index (χ2v) is 15.8. The fraction of sp³-hybridized carbons (Fsp3) is 0.806. The van der Waals surface area contributed by atoms with Crippen molar-refractivity contribution < 1.29 is 53.0 Å². The molecule has 2 N–H and O–H groups in total.